The average Bonchev–Trinajstić information content (AvgIpc) is 3.11. The summed E-state index contributed by atoms with van der Waals surface area (Å²) >= 11 is 0. The van der Waals surface area contributed by atoms with Crippen LogP contribution < -0.4 is 5.32 Å². The van der Waals surface area contributed by atoms with Crippen LogP contribution in [0.3, 0.4) is 0 Å². The van der Waals surface area contributed by atoms with Crippen LogP contribution in [0.2, 0.25) is 0 Å². The van der Waals surface area contributed by atoms with Crippen molar-refractivity contribution in [1.82, 2.24) is 0 Å². The van der Waals surface area contributed by atoms with Crippen molar-refractivity contribution in [3.05, 3.63) is 83.4 Å². The summed E-state index contributed by atoms with van der Waals surface area (Å²) in [6, 6.07) is 14.0. The second kappa shape index (κ2) is 7.70. The number of anilines is 1. The molecule has 0 aliphatic heterocycles. The molecule has 0 radical (unpaired) electrons. The molecule has 0 atom stereocenters. The molecule has 136 valence electrons. The van der Waals surface area contributed by atoms with Gasteiger partial charge in [0.1, 0.15) is 17.3 Å². The Morgan fingerprint density at radius 3 is 2.52 bits per heavy atom. The molecule has 2 aromatic carbocycles. The van der Waals surface area contributed by atoms with Gasteiger partial charge >= 0.3 is 5.97 Å². The third-order valence-electron chi connectivity index (χ3n) is 3.98. The Balaban J connectivity index is 1.70. The van der Waals surface area contributed by atoms with Crippen LogP contribution >= 0.6 is 0 Å². The molecular formula is C21H16FNO4. The first-order valence-corrected chi connectivity index (χ1v) is 8.12. The lowest BCUT2D eigenvalue weighted by atomic mass is 10.1. The van der Waals surface area contributed by atoms with Gasteiger partial charge in [0.15, 0.2) is 0 Å². The van der Waals surface area contributed by atoms with E-state index in [0.29, 0.717) is 22.8 Å². The molecule has 1 amide bonds. The molecule has 1 heterocycles. The molecule has 0 fully saturated rings. The quantitative estimate of drug-likeness (QED) is 0.640. The van der Waals surface area contributed by atoms with E-state index in [2.05, 4.69) is 5.32 Å². The zero-order valence-electron chi connectivity index (χ0n) is 14.4. The van der Waals surface area contributed by atoms with E-state index in [0.717, 1.165) is 5.56 Å². The molecule has 0 unspecified atom stereocenters. The highest BCUT2D eigenvalue weighted by Gasteiger charge is 2.11. The fraction of sp³-hybridized carbons (Fsp3) is 0.0476. The van der Waals surface area contributed by atoms with Crippen LogP contribution in [-0.4, -0.2) is 17.0 Å². The topological polar surface area (TPSA) is 79.5 Å². The molecule has 27 heavy (non-hydrogen) atoms. The lowest BCUT2D eigenvalue weighted by Gasteiger charge is -2.08. The van der Waals surface area contributed by atoms with Gasteiger partial charge in [0.25, 0.3) is 0 Å². The molecule has 0 spiro atoms. The lowest BCUT2D eigenvalue weighted by molar-refractivity contribution is -0.111. The van der Waals surface area contributed by atoms with Gasteiger partial charge in [0, 0.05) is 17.3 Å². The fourth-order valence-corrected chi connectivity index (χ4v) is 2.55. The molecule has 0 bridgehead atoms. The van der Waals surface area contributed by atoms with Crippen molar-refractivity contribution in [2.45, 2.75) is 6.92 Å². The lowest BCUT2D eigenvalue weighted by Crippen LogP contribution is -2.11. The van der Waals surface area contributed by atoms with E-state index in [9.17, 15) is 14.0 Å². The molecule has 6 heteroatoms. The molecule has 1 aromatic heterocycles. The Kier molecular flexibility index (Phi) is 5.17. The van der Waals surface area contributed by atoms with Crippen LogP contribution in [0, 0.1) is 12.7 Å². The van der Waals surface area contributed by atoms with Gasteiger partial charge in [-0.25, -0.2) is 9.18 Å². The standard InChI is InChI=1S/C21H16FNO4/c1-13-17(21(25)26)3-2-4-18(13)23-20(24)12-10-16-9-11-19(27-16)14-5-7-15(22)8-6-14/h2-12H,1H3,(H,23,24)(H,25,26)/b12-10+. The number of hydrogen-bond donors (Lipinski definition) is 2. The van der Waals surface area contributed by atoms with Gasteiger partial charge in [-0.05, 0) is 67.1 Å². The predicted octanol–water partition coefficient (Wildman–Crippen LogP) is 4.74. The normalized spacial score (nSPS) is 10.9. The van der Waals surface area contributed by atoms with E-state index in [1.165, 1.54) is 30.4 Å². The van der Waals surface area contributed by atoms with Crippen molar-refractivity contribution < 1.29 is 23.5 Å². The number of rotatable bonds is 5. The van der Waals surface area contributed by atoms with Crippen molar-refractivity contribution in [3.8, 4) is 11.3 Å². The molecule has 0 saturated carbocycles. The van der Waals surface area contributed by atoms with Crippen molar-refractivity contribution in [3.63, 3.8) is 0 Å². The van der Waals surface area contributed by atoms with E-state index in [4.69, 9.17) is 9.52 Å². The predicted molar refractivity (Wildman–Crippen MR) is 99.9 cm³/mol. The Bertz CT molecular complexity index is 1020. The van der Waals surface area contributed by atoms with Gasteiger partial charge < -0.3 is 14.8 Å². The zero-order valence-corrected chi connectivity index (χ0v) is 14.4. The Morgan fingerprint density at radius 1 is 1.07 bits per heavy atom. The van der Waals surface area contributed by atoms with Crippen molar-refractivity contribution >= 4 is 23.6 Å². The number of carbonyl (C=O) groups is 2. The largest absolute Gasteiger partial charge is 0.478 e. The highest BCUT2D eigenvalue weighted by molar-refractivity contribution is 6.03. The maximum atomic E-state index is 13.0. The number of carbonyl (C=O) groups excluding carboxylic acids is 1. The van der Waals surface area contributed by atoms with E-state index in [1.807, 2.05) is 0 Å². The average molecular weight is 365 g/mol. The summed E-state index contributed by atoms with van der Waals surface area (Å²) in [4.78, 5) is 23.3. The molecule has 2 N–H and O–H groups in total. The van der Waals surface area contributed by atoms with Crippen molar-refractivity contribution in [1.29, 1.82) is 0 Å². The zero-order chi connectivity index (χ0) is 19.4. The minimum absolute atomic E-state index is 0.131. The van der Waals surface area contributed by atoms with Crippen molar-refractivity contribution in [2.75, 3.05) is 5.32 Å². The summed E-state index contributed by atoms with van der Waals surface area (Å²) in [5.41, 5.74) is 1.76. The van der Waals surface area contributed by atoms with Crippen LogP contribution in [0.25, 0.3) is 17.4 Å². The summed E-state index contributed by atoms with van der Waals surface area (Å²) in [7, 11) is 0. The number of benzene rings is 2. The number of halogens is 1. The van der Waals surface area contributed by atoms with Gasteiger partial charge in [0.2, 0.25) is 5.91 Å². The molecule has 0 aliphatic carbocycles. The SMILES string of the molecule is Cc1c(NC(=O)/C=C/c2ccc(-c3ccc(F)cc3)o2)cccc1C(=O)O. The Hall–Kier alpha value is -3.67. The molecule has 0 saturated heterocycles. The first-order valence-electron chi connectivity index (χ1n) is 8.12. The number of amides is 1. The second-order valence-electron chi connectivity index (χ2n) is 5.81. The van der Waals surface area contributed by atoms with Crippen LogP contribution in [0.15, 0.2) is 65.1 Å². The van der Waals surface area contributed by atoms with Gasteiger partial charge in [-0.1, -0.05) is 6.07 Å². The molecule has 5 nitrogen and oxygen atoms in total. The minimum Gasteiger partial charge on any atom is -0.478 e. The summed E-state index contributed by atoms with van der Waals surface area (Å²) in [6.07, 6.45) is 2.79. The van der Waals surface area contributed by atoms with E-state index in [1.54, 1.807) is 43.3 Å². The van der Waals surface area contributed by atoms with E-state index < -0.39 is 11.9 Å². The number of carboxylic acids is 1. The van der Waals surface area contributed by atoms with Gasteiger partial charge in [-0.3, -0.25) is 4.79 Å². The molecule has 0 aliphatic rings. The summed E-state index contributed by atoms with van der Waals surface area (Å²) in [6.45, 7) is 1.63. The number of furan rings is 1. The molecule has 3 rings (SSSR count). The van der Waals surface area contributed by atoms with Gasteiger partial charge in [0.05, 0.1) is 5.56 Å². The van der Waals surface area contributed by atoms with Gasteiger partial charge in [-0.15, -0.1) is 0 Å². The fourth-order valence-electron chi connectivity index (χ4n) is 2.55. The highest BCUT2D eigenvalue weighted by Crippen LogP contribution is 2.23. The number of hydrogen-bond acceptors (Lipinski definition) is 3. The summed E-state index contributed by atoms with van der Waals surface area (Å²) in [5.74, 6) is -0.784. The third kappa shape index (κ3) is 4.30. The maximum absolute atomic E-state index is 13.0. The third-order valence-corrected chi connectivity index (χ3v) is 3.98. The van der Waals surface area contributed by atoms with Crippen LogP contribution in [0.4, 0.5) is 10.1 Å². The number of aromatic carboxylic acids is 1. The summed E-state index contributed by atoms with van der Waals surface area (Å²) in [5, 5.41) is 11.8. The monoisotopic (exact) mass is 365 g/mol. The highest BCUT2D eigenvalue weighted by atomic mass is 19.1. The Morgan fingerprint density at radius 2 is 1.81 bits per heavy atom. The number of carboxylic acid groups (broad SMARTS) is 1. The Labute approximate surface area is 154 Å². The van der Waals surface area contributed by atoms with E-state index >= 15 is 0 Å². The van der Waals surface area contributed by atoms with Crippen LogP contribution in [0.5, 0.6) is 0 Å². The smallest absolute Gasteiger partial charge is 0.336 e. The maximum Gasteiger partial charge on any atom is 0.336 e. The van der Waals surface area contributed by atoms with Crippen LogP contribution in [-0.2, 0) is 4.79 Å². The molecular weight excluding hydrogens is 349 g/mol. The minimum atomic E-state index is -1.05. The van der Waals surface area contributed by atoms with Crippen LogP contribution in [0.1, 0.15) is 21.7 Å². The van der Waals surface area contributed by atoms with Crippen molar-refractivity contribution in [2.24, 2.45) is 0 Å². The number of nitrogens with one attached hydrogen (secondary N) is 1. The van der Waals surface area contributed by atoms with Gasteiger partial charge in [-0.2, -0.15) is 0 Å². The summed E-state index contributed by atoms with van der Waals surface area (Å²) < 4.78 is 18.6. The first kappa shape index (κ1) is 18.1. The second-order valence-corrected chi connectivity index (χ2v) is 5.81. The first-order chi connectivity index (χ1) is 12.9. The van der Waals surface area contributed by atoms with E-state index in [-0.39, 0.29) is 11.4 Å². The molecule has 3 aromatic rings.